The normalized spacial score (nSPS) is 15.3. The molecule has 0 saturated carbocycles. The van der Waals surface area contributed by atoms with Gasteiger partial charge < -0.3 is 10.1 Å². The second-order valence-corrected chi connectivity index (χ2v) is 8.73. The van der Waals surface area contributed by atoms with Crippen LogP contribution in [0.3, 0.4) is 0 Å². The van der Waals surface area contributed by atoms with Crippen molar-refractivity contribution in [3.8, 4) is 0 Å². The number of hydrogen-bond acceptors (Lipinski definition) is 7. The highest BCUT2D eigenvalue weighted by atomic mass is 32.1. The van der Waals surface area contributed by atoms with E-state index in [4.69, 9.17) is 4.74 Å². The molecule has 1 aromatic heterocycles. The van der Waals surface area contributed by atoms with Crippen molar-refractivity contribution in [2.45, 2.75) is 31.9 Å². The number of nitrogens with zero attached hydrogens (tertiary/aromatic N) is 3. The highest BCUT2D eigenvalue weighted by Gasteiger charge is 2.35. The van der Waals surface area contributed by atoms with Crippen LogP contribution in [0.5, 0.6) is 0 Å². The van der Waals surface area contributed by atoms with E-state index in [2.05, 4.69) is 10.3 Å². The highest BCUT2D eigenvalue weighted by molar-refractivity contribution is 7.15. The molecule has 0 aliphatic carbocycles. The number of carbonyl (C=O) groups is 2. The van der Waals surface area contributed by atoms with E-state index >= 15 is 0 Å². The average molecular weight is 467 g/mol. The zero-order valence-electron chi connectivity index (χ0n) is 17.7. The van der Waals surface area contributed by atoms with E-state index in [0.29, 0.717) is 30.9 Å². The quantitative estimate of drug-likeness (QED) is 0.408. The van der Waals surface area contributed by atoms with Gasteiger partial charge in [-0.15, -0.1) is 11.3 Å². The van der Waals surface area contributed by atoms with Crippen LogP contribution in [0.4, 0.5) is 15.6 Å². The molecule has 2 amide bonds. The van der Waals surface area contributed by atoms with Gasteiger partial charge in [0.15, 0.2) is 5.13 Å². The predicted molar refractivity (Wildman–Crippen MR) is 123 cm³/mol. The molecule has 1 fully saturated rings. The Morgan fingerprint density at radius 1 is 1.18 bits per heavy atom. The van der Waals surface area contributed by atoms with E-state index in [1.54, 1.807) is 12.3 Å². The van der Waals surface area contributed by atoms with E-state index in [1.165, 1.54) is 28.4 Å². The van der Waals surface area contributed by atoms with Crippen LogP contribution in [-0.2, 0) is 22.6 Å². The number of benzene rings is 2. The topological polar surface area (TPSA) is 115 Å². The van der Waals surface area contributed by atoms with E-state index < -0.39 is 17.1 Å². The number of amides is 2. The maximum atomic E-state index is 12.8. The second-order valence-electron chi connectivity index (χ2n) is 7.62. The van der Waals surface area contributed by atoms with Gasteiger partial charge >= 0.3 is 6.09 Å². The Labute approximate surface area is 194 Å². The fourth-order valence-electron chi connectivity index (χ4n) is 3.68. The fourth-order valence-corrected chi connectivity index (χ4v) is 4.53. The van der Waals surface area contributed by atoms with Crippen molar-refractivity contribution in [2.75, 3.05) is 11.9 Å². The Morgan fingerprint density at radius 2 is 1.97 bits per heavy atom. The van der Waals surface area contributed by atoms with Gasteiger partial charge in [-0.05, 0) is 24.0 Å². The minimum absolute atomic E-state index is 0.0333. The van der Waals surface area contributed by atoms with Crippen LogP contribution < -0.4 is 5.32 Å². The summed E-state index contributed by atoms with van der Waals surface area (Å²) in [7, 11) is 0. The minimum atomic E-state index is -0.614. The SMILES string of the molecule is O=C(Nc1ncc(Cc2cccc([N+](=O)[O-])c2)s1)C1CCCN1C(=O)OCc1ccccc1. The minimum Gasteiger partial charge on any atom is -0.445 e. The van der Waals surface area contributed by atoms with Gasteiger partial charge in [0.25, 0.3) is 5.69 Å². The standard InChI is InChI=1S/C23H22N4O5S/c28-21(20-10-5-11-26(20)23(29)32-15-16-6-2-1-3-7-16)25-22-24-14-19(33-22)13-17-8-4-9-18(12-17)27(30)31/h1-4,6-9,12,14,20H,5,10-11,13,15H2,(H,24,25,28). The number of thiazole rings is 1. The summed E-state index contributed by atoms with van der Waals surface area (Å²) in [5.41, 5.74) is 1.70. The zero-order valence-corrected chi connectivity index (χ0v) is 18.5. The molecule has 3 aromatic rings. The van der Waals surface area contributed by atoms with Crippen LogP contribution >= 0.6 is 11.3 Å². The molecule has 1 aliphatic heterocycles. The zero-order chi connectivity index (χ0) is 23.2. The smallest absolute Gasteiger partial charge is 0.410 e. The number of nitro groups is 1. The molecule has 9 nitrogen and oxygen atoms in total. The molecule has 1 aliphatic rings. The number of nitrogens with one attached hydrogen (secondary N) is 1. The third kappa shape index (κ3) is 5.72. The summed E-state index contributed by atoms with van der Waals surface area (Å²) in [6.07, 6.45) is 2.87. The number of nitro benzene ring substituents is 1. The molecule has 2 aromatic carbocycles. The van der Waals surface area contributed by atoms with Gasteiger partial charge in [0.1, 0.15) is 12.6 Å². The third-order valence-electron chi connectivity index (χ3n) is 5.28. The summed E-state index contributed by atoms with van der Waals surface area (Å²) >= 11 is 1.30. The Bertz CT molecular complexity index is 1150. The van der Waals surface area contributed by atoms with Gasteiger partial charge in [0.2, 0.25) is 5.91 Å². The van der Waals surface area contributed by atoms with E-state index in [-0.39, 0.29) is 18.2 Å². The van der Waals surface area contributed by atoms with E-state index in [0.717, 1.165) is 16.0 Å². The van der Waals surface area contributed by atoms with Gasteiger partial charge in [-0.2, -0.15) is 0 Å². The monoisotopic (exact) mass is 466 g/mol. The number of carbonyl (C=O) groups excluding carboxylic acids is 2. The van der Waals surface area contributed by atoms with Crippen molar-refractivity contribution in [3.63, 3.8) is 0 Å². The maximum Gasteiger partial charge on any atom is 0.410 e. The van der Waals surface area contributed by atoms with Gasteiger partial charge in [-0.3, -0.25) is 19.8 Å². The molecule has 10 heteroatoms. The molecule has 33 heavy (non-hydrogen) atoms. The van der Waals surface area contributed by atoms with Gasteiger partial charge in [0, 0.05) is 36.2 Å². The van der Waals surface area contributed by atoms with Crippen LogP contribution in [-0.4, -0.2) is 39.4 Å². The van der Waals surface area contributed by atoms with Crippen LogP contribution in [0.1, 0.15) is 28.8 Å². The summed E-state index contributed by atoms with van der Waals surface area (Å²) in [6.45, 7) is 0.611. The summed E-state index contributed by atoms with van der Waals surface area (Å²) < 4.78 is 5.39. The Morgan fingerprint density at radius 3 is 2.76 bits per heavy atom. The van der Waals surface area contributed by atoms with Crippen LogP contribution in [0.2, 0.25) is 0 Å². The number of aromatic nitrogens is 1. The van der Waals surface area contributed by atoms with E-state index in [1.807, 2.05) is 36.4 Å². The molecule has 1 unspecified atom stereocenters. The maximum absolute atomic E-state index is 12.8. The number of ether oxygens (including phenoxy) is 1. The summed E-state index contributed by atoms with van der Waals surface area (Å²) in [4.78, 5) is 42.4. The molecular formula is C23H22N4O5S. The van der Waals surface area contributed by atoms with Crippen molar-refractivity contribution in [1.29, 1.82) is 0 Å². The number of anilines is 1. The predicted octanol–water partition coefficient (Wildman–Crippen LogP) is 4.38. The first-order valence-electron chi connectivity index (χ1n) is 10.5. The molecule has 0 spiro atoms. The largest absolute Gasteiger partial charge is 0.445 e. The Hall–Kier alpha value is -3.79. The Kier molecular flexibility index (Phi) is 6.94. The molecular weight excluding hydrogens is 444 g/mol. The van der Waals surface area contributed by atoms with Gasteiger partial charge in [-0.25, -0.2) is 9.78 Å². The molecule has 170 valence electrons. The van der Waals surface area contributed by atoms with Crippen molar-refractivity contribution >= 4 is 34.2 Å². The van der Waals surface area contributed by atoms with E-state index in [9.17, 15) is 19.7 Å². The van der Waals surface area contributed by atoms with Gasteiger partial charge in [-0.1, -0.05) is 42.5 Å². The average Bonchev–Trinajstić information content (AvgIpc) is 3.48. The molecule has 4 rings (SSSR count). The fraction of sp³-hybridized carbons (Fsp3) is 0.261. The van der Waals surface area contributed by atoms with Crippen molar-refractivity contribution in [2.24, 2.45) is 0 Å². The molecule has 1 N–H and O–H groups in total. The van der Waals surface area contributed by atoms with Crippen LogP contribution in [0.25, 0.3) is 0 Å². The summed E-state index contributed by atoms with van der Waals surface area (Å²) in [5, 5.41) is 14.2. The lowest BCUT2D eigenvalue weighted by molar-refractivity contribution is -0.384. The molecule has 0 bridgehead atoms. The highest BCUT2D eigenvalue weighted by Crippen LogP contribution is 2.25. The van der Waals surface area contributed by atoms with Crippen molar-refractivity contribution in [1.82, 2.24) is 9.88 Å². The molecule has 1 saturated heterocycles. The van der Waals surface area contributed by atoms with Gasteiger partial charge in [0.05, 0.1) is 4.92 Å². The number of rotatable bonds is 7. The first-order valence-corrected chi connectivity index (χ1v) is 11.3. The van der Waals surface area contributed by atoms with Crippen LogP contribution in [0, 0.1) is 10.1 Å². The lowest BCUT2D eigenvalue weighted by Crippen LogP contribution is -2.43. The molecule has 2 heterocycles. The summed E-state index contributed by atoms with van der Waals surface area (Å²) in [6, 6.07) is 15.2. The Balaban J connectivity index is 1.34. The van der Waals surface area contributed by atoms with Crippen LogP contribution in [0.15, 0.2) is 60.8 Å². The number of likely N-dealkylation sites (tertiary alicyclic amines) is 1. The molecule has 0 radical (unpaired) electrons. The lowest BCUT2D eigenvalue weighted by atomic mass is 10.1. The third-order valence-corrected chi connectivity index (χ3v) is 6.19. The van der Waals surface area contributed by atoms with Crippen molar-refractivity contribution in [3.05, 3.63) is 86.9 Å². The lowest BCUT2D eigenvalue weighted by Gasteiger charge is -2.22. The van der Waals surface area contributed by atoms with Crippen molar-refractivity contribution < 1.29 is 19.2 Å². The number of non-ortho nitro benzene ring substituents is 1. The molecule has 1 atom stereocenters. The summed E-state index contributed by atoms with van der Waals surface area (Å²) in [5.74, 6) is -0.305. The number of hydrogen-bond donors (Lipinski definition) is 1. The first kappa shape index (κ1) is 22.4. The second kappa shape index (κ2) is 10.2. The first-order chi connectivity index (χ1) is 16.0.